The molecule has 2 nitrogen and oxygen atoms in total. The van der Waals surface area contributed by atoms with Gasteiger partial charge in [0.15, 0.2) is 0 Å². The second-order valence-corrected chi connectivity index (χ2v) is 7.30. The van der Waals surface area contributed by atoms with Crippen molar-refractivity contribution in [2.45, 2.75) is 43.3 Å². The van der Waals surface area contributed by atoms with Crippen LogP contribution >= 0.6 is 12.6 Å². The van der Waals surface area contributed by atoms with E-state index >= 15 is 0 Å². The second-order valence-electron chi connectivity index (χ2n) is 6.35. The molecule has 1 fully saturated rings. The van der Waals surface area contributed by atoms with Crippen LogP contribution in [0.25, 0.3) is 0 Å². The van der Waals surface area contributed by atoms with Crippen molar-refractivity contribution in [3.63, 3.8) is 0 Å². The molecule has 0 amide bonds. The molecule has 2 aromatic carbocycles. The second kappa shape index (κ2) is 8.00. The summed E-state index contributed by atoms with van der Waals surface area (Å²) in [4.78, 5) is 0. The van der Waals surface area contributed by atoms with Gasteiger partial charge in [-0.05, 0) is 30.4 Å². The highest BCUT2D eigenvalue weighted by Gasteiger charge is 2.40. The predicted octanol–water partition coefficient (Wildman–Crippen LogP) is 4.64. The third-order valence-electron chi connectivity index (χ3n) is 4.18. The standard InChI is InChI=1S/C20H24O2S/c23-20(11-12-20)13-19(22-15-18-9-5-2-6-10-18)16-21-14-17-7-3-1-4-8-17/h1-10,19,23H,11-16H2/t19-/m1/s1. The lowest BCUT2D eigenvalue weighted by molar-refractivity contribution is -0.0341. The maximum Gasteiger partial charge on any atom is 0.0826 e. The van der Waals surface area contributed by atoms with Crippen molar-refractivity contribution in [3.8, 4) is 0 Å². The molecule has 1 aliphatic carbocycles. The molecule has 0 spiro atoms. The lowest BCUT2D eigenvalue weighted by Crippen LogP contribution is -2.24. The first kappa shape index (κ1) is 16.6. The summed E-state index contributed by atoms with van der Waals surface area (Å²) in [6.45, 7) is 1.87. The maximum atomic E-state index is 6.11. The fourth-order valence-corrected chi connectivity index (χ4v) is 2.92. The van der Waals surface area contributed by atoms with Crippen molar-refractivity contribution in [3.05, 3.63) is 71.8 Å². The average molecular weight is 328 g/mol. The molecule has 122 valence electrons. The minimum absolute atomic E-state index is 0.0962. The quantitative estimate of drug-likeness (QED) is 0.676. The van der Waals surface area contributed by atoms with Crippen LogP contribution in [0.1, 0.15) is 30.4 Å². The molecular weight excluding hydrogens is 304 g/mol. The Morgan fingerprint density at radius 3 is 2.00 bits per heavy atom. The van der Waals surface area contributed by atoms with E-state index in [1.54, 1.807) is 0 Å². The first-order valence-electron chi connectivity index (χ1n) is 8.23. The van der Waals surface area contributed by atoms with Gasteiger partial charge in [0.2, 0.25) is 0 Å². The van der Waals surface area contributed by atoms with Crippen molar-refractivity contribution in [1.82, 2.24) is 0 Å². The zero-order chi connectivity index (χ0) is 16.0. The topological polar surface area (TPSA) is 18.5 Å². The number of rotatable bonds is 9. The largest absolute Gasteiger partial charge is 0.374 e. The van der Waals surface area contributed by atoms with Gasteiger partial charge in [-0.3, -0.25) is 0 Å². The molecule has 0 aliphatic heterocycles. The summed E-state index contributed by atoms with van der Waals surface area (Å²) in [5.41, 5.74) is 2.39. The third kappa shape index (κ3) is 5.69. The molecule has 0 N–H and O–H groups in total. The van der Waals surface area contributed by atoms with Gasteiger partial charge in [0, 0.05) is 4.75 Å². The molecule has 0 aromatic heterocycles. The number of benzene rings is 2. The molecule has 0 radical (unpaired) electrons. The predicted molar refractivity (Wildman–Crippen MR) is 96.7 cm³/mol. The molecule has 3 heteroatoms. The highest BCUT2D eigenvalue weighted by molar-refractivity contribution is 7.82. The zero-order valence-electron chi connectivity index (χ0n) is 13.4. The van der Waals surface area contributed by atoms with Crippen LogP contribution in [0.3, 0.4) is 0 Å². The monoisotopic (exact) mass is 328 g/mol. The zero-order valence-corrected chi connectivity index (χ0v) is 14.3. The first-order valence-corrected chi connectivity index (χ1v) is 8.68. The SMILES string of the molecule is SC1(C[C@H](COCc2ccccc2)OCc2ccccc2)CC1. The number of thiol groups is 1. The van der Waals surface area contributed by atoms with Crippen LogP contribution in [-0.4, -0.2) is 17.5 Å². The summed E-state index contributed by atoms with van der Waals surface area (Å²) in [7, 11) is 0. The van der Waals surface area contributed by atoms with E-state index in [2.05, 4.69) is 24.3 Å². The van der Waals surface area contributed by atoms with Crippen molar-refractivity contribution in [2.75, 3.05) is 6.61 Å². The summed E-state index contributed by atoms with van der Waals surface area (Å²) < 4.78 is 12.2. The first-order chi connectivity index (χ1) is 11.2. The van der Waals surface area contributed by atoms with E-state index in [0.717, 1.165) is 6.42 Å². The molecule has 0 heterocycles. The van der Waals surface area contributed by atoms with Gasteiger partial charge in [-0.2, -0.15) is 12.6 Å². The molecule has 2 aromatic rings. The van der Waals surface area contributed by atoms with Gasteiger partial charge in [0.05, 0.1) is 25.9 Å². The highest BCUT2D eigenvalue weighted by Crippen LogP contribution is 2.46. The van der Waals surface area contributed by atoms with Gasteiger partial charge in [-0.25, -0.2) is 0 Å². The lowest BCUT2D eigenvalue weighted by Gasteiger charge is -2.21. The Labute approximate surface area is 144 Å². The van der Waals surface area contributed by atoms with E-state index in [1.165, 1.54) is 24.0 Å². The lowest BCUT2D eigenvalue weighted by atomic mass is 10.1. The minimum Gasteiger partial charge on any atom is -0.374 e. The van der Waals surface area contributed by atoms with Gasteiger partial charge in [0.1, 0.15) is 0 Å². The molecule has 1 aliphatic rings. The Morgan fingerprint density at radius 1 is 0.870 bits per heavy atom. The van der Waals surface area contributed by atoms with E-state index in [-0.39, 0.29) is 10.9 Å². The Hall–Kier alpha value is -1.29. The Morgan fingerprint density at radius 2 is 1.43 bits per heavy atom. The summed E-state index contributed by atoms with van der Waals surface area (Å²) in [5, 5.41) is 0. The Bertz CT molecular complexity index is 581. The van der Waals surface area contributed by atoms with Crippen LogP contribution < -0.4 is 0 Å². The Balaban J connectivity index is 1.48. The van der Waals surface area contributed by atoms with Crippen LogP contribution in [0, 0.1) is 0 Å². The van der Waals surface area contributed by atoms with Crippen LogP contribution in [0.15, 0.2) is 60.7 Å². The van der Waals surface area contributed by atoms with Crippen molar-refractivity contribution >= 4 is 12.6 Å². The summed E-state index contributed by atoms with van der Waals surface area (Å²) in [5.74, 6) is 0. The molecule has 0 unspecified atom stereocenters. The van der Waals surface area contributed by atoms with E-state index in [0.29, 0.717) is 19.8 Å². The maximum absolute atomic E-state index is 6.11. The van der Waals surface area contributed by atoms with E-state index in [9.17, 15) is 0 Å². The van der Waals surface area contributed by atoms with E-state index in [1.807, 2.05) is 36.4 Å². The molecular formula is C20H24O2S. The average Bonchev–Trinajstić information content (AvgIpc) is 3.31. The van der Waals surface area contributed by atoms with Gasteiger partial charge in [-0.1, -0.05) is 60.7 Å². The van der Waals surface area contributed by atoms with Gasteiger partial charge >= 0.3 is 0 Å². The smallest absolute Gasteiger partial charge is 0.0826 e. The van der Waals surface area contributed by atoms with Gasteiger partial charge in [-0.15, -0.1) is 0 Å². The fourth-order valence-electron chi connectivity index (χ4n) is 2.61. The van der Waals surface area contributed by atoms with Crippen LogP contribution in [-0.2, 0) is 22.7 Å². The minimum atomic E-state index is 0.0962. The van der Waals surface area contributed by atoms with E-state index < -0.39 is 0 Å². The number of ether oxygens (including phenoxy) is 2. The van der Waals surface area contributed by atoms with E-state index in [4.69, 9.17) is 22.1 Å². The molecule has 3 rings (SSSR count). The summed E-state index contributed by atoms with van der Waals surface area (Å²) in [6.07, 6.45) is 3.41. The van der Waals surface area contributed by atoms with Gasteiger partial charge < -0.3 is 9.47 Å². The summed E-state index contributed by atoms with van der Waals surface area (Å²) >= 11 is 4.74. The van der Waals surface area contributed by atoms with Crippen LogP contribution in [0.2, 0.25) is 0 Å². The Kier molecular flexibility index (Phi) is 5.76. The molecule has 1 atom stereocenters. The normalized spacial score (nSPS) is 16.9. The van der Waals surface area contributed by atoms with Crippen molar-refractivity contribution < 1.29 is 9.47 Å². The van der Waals surface area contributed by atoms with Crippen molar-refractivity contribution in [1.29, 1.82) is 0 Å². The van der Waals surface area contributed by atoms with Crippen LogP contribution in [0.5, 0.6) is 0 Å². The number of hydrogen-bond donors (Lipinski definition) is 1. The number of hydrogen-bond acceptors (Lipinski definition) is 3. The fraction of sp³-hybridized carbons (Fsp3) is 0.400. The van der Waals surface area contributed by atoms with Crippen molar-refractivity contribution in [2.24, 2.45) is 0 Å². The van der Waals surface area contributed by atoms with Gasteiger partial charge in [0.25, 0.3) is 0 Å². The molecule has 23 heavy (non-hydrogen) atoms. The third-order valence-corrected chi connectivity index (χ3v) is 4.81. The molecule has 0 bridgehead atoms. The summed E-state index contributed by atoms with van der Waals surface area (Å²) in [6, 6.07) is 20.6. The van der Waals surface area contributed by atoms with Crippen LogP contribution in [0.4, 0.5) is 0 Å². The molecule has 1 saturated carbocycles. The molecule has 0 saturated heterocycles. The highest BCUT2D eigenvalue weighted by atomic mass is 32.1.